The van der Waals surface area contributed by atoms with Gasteiger partial charge in [0.2, 0.25) is 0 Å². The van der Waals surface area contributed by atoms with E-state index in [1.807, 2.05) is 36.9 Å². The van der Waals surface area contributed by atoms with Crippen LogP contribution in [0.5, 0.6) is 0 Å². The summed E-state index contributed by atoms with van der Waals surface area (Å²) in [5.74, 6) is 0. The highest BCUT2D eigenvalue weighted by Gasteiger charge is 2.21. The van der Waals surface area contributed by atoms with Gasteiger partial charge in [-0.1, -0.05) is 133 Å². The second-order valence-corrected chi connectivity index (χ2v) is 13.7. The SMILES string of the molecule is C1=CC(c2ccc(-c3cc(-c4cccnc4)c4ccc5c(-c6ccc(-c7ccccc7)cc6)cc(-c6cccnc6)c6ccc3c4c56)cc2)=CCC1. The molecule has 0 aliphatic heterocycles. The van der Waals surface area contributed by atoms with Crippen LogP contribution in [-0.2, 0) is 0 Å². The lowest BCUT2D eigenvalue weighted by Gasteiger charge is -2.21. The molecule has 7 aromatic carbocycles. The Morgan fingerprint density at radius 2 is 0.808 bits per heavy atom. The first kappa shape index (κ1) is 30.2. The second kappa shape index (κ2) is 12.6. The lowest BCUT2D eigenvalue weighted by molar-refractivity contribution is 1.04. The summed E-state index contributed by atoms with van der Waals surface area (Å²) >= 11 is 0. The molecule has 1 aliphatic rings. The maximum absolute atomic E-state index is 4.55. The lowest BCUT2D eigenvalue weighted by atomic mass is 9.82. The number of rotatable bonds is 6. The fraction of sp³-hybridized carbons (Fsp3) is 0.0400. The lowest BCUT2D eigenvalue weighted by Crippen LogP contribution is -1.95. The molecule has 0 atom stereocenters. The van der Waals surface area contributed by atoms with E-state index >= 15 is 0 Å². The van der Waals surface area contributed by atoms with Crippen LogP contribution < -0.4 is 0 Å². The summed E-state index contributed by atoms with van der Waals surface area (Å²) in [6, 6.07) is 51.2. The van der Waals surface area contributed by atoms with E-state index in [-0.39, 0.29) is 0 Å². The number of allylic oxidation sites excluding steroid dienone is 4. The Kier molecular flexibility index (Phi) is 7.32. The maximum atomic E-state index is 4.55. The van der Waals surface area contributed by atoms with Crippen LogP contribution in [0.3, 0.4) is 0 Å². The van der Waals surface area contributed by atoms with Gasteiger partial charge in [0.05, 0.1) is 0 Å². The molecule has 244 valence electrons. The first-order valence-corrected chi connectivity index (χ1v) is 18.0. The van der Waals surface area contributed by atoms with Crippen molar-refractivity contribution < 1.29 is 0 Å². The van der Waals surface area contributed by atoms with Crippen molar-refractivity contribution in [1.29, 1.82) is 0 Å². The Morgan fingerprint density at radius 1 is 0.365 bits per heavy atom. The van der Waals surface area contributed by atoms with Crippen LogP contribution in [0.1, 0.15) is 18.4 Å². The molecular formula is C50H34N2. The molecule has 0 bridgehead atoms. The van der Waals surface area contributed by atoms with E-state index in [0.29, 0.717) is 0 Å². The van der Waals surface area contributed by atoms with Gasteiger partial charge in [0.15, 0.2) is 0 Å². The minimum atomic E-state index is 1.09. The Bertz CT molecular complexity index is 2780. The van der Waals surface area contributed by atoms with Crippen LogP contribution in [0.15, 0.2) is 183 Å². The average molecular weight is 663 g/mol. The van der Waals surface area contributed by atoms with Crippen LogP contribution >= 0.6 is 0 Å². The number of hydrogen-bond acceptors (Lipinski definition) is 2. The molecule has 0 saturated heterocycles. The van der Waals surface area contributed by atoms with E-state index in [4.69, 9.17) is 0 Å². The standard InChI is InChI=1S/C50H34N2/c1-3-9-33(10-4-1)35-15-19-37(20-16-35)45-29-47(39-13-7-27-51-31-39)43-26-24-42-46(38-21-17-36(18-22-38)34-11-5-2-6-12-34)30-48(40-14-8-28-52-32-40)44-25-23-41(45)49(43)50(42)44/h1,3-5,7-32H,2,6H2. The van der Waals surface area contributed by atoms with Crippen molar-refractivity contribution in [2.75, 3.05) is 0 Å². The molecular weight excluding hydrogens is 629 g/mol. The molecule has 2 heterocycles. The third kappa shape index (κ3) is 5.11. The van der Waals surface area contributed by atoms with Crippen molar-refractivity contribution >= 4 is 37.9 Å². The van der Waals surface area contributed by atoms with E-state index in [1.165, 1.54) is 88.0 Å². The summed E-state index contributed by atoms with van der Waals surface area (Å²) in [5.41, 5.74) is 14.4. The molecule has 0 N–H and O–H groups in total. The summed E-state index contributed by atoms with van der Waals surface area (Å²) in [7, 11) is 0. The topological polar surface area (TPSA) is 25.8 Å². The molecule has 2 heteroatoms. The molecule has 2 nitrogen and oxygen atoms in total. The highest BCUT2D eigenvalue weighted by atomic mass is 14.6. The first-order chi connectivity index (χ1) is 25.8. The van der Waals surface area contributed by atoms with Gasteiger partial charge < -0.3 is 0 Å². The number of aromatic nitrogens is 2. The second-order valence-electron chi connectivity index (χ2n) is 13.7. The molecule has 1 aliphatic carbocycles. The smallest absolute Gasteiger partial charge is 0.0346 e. The molecule has 0 amide bonds. The fourth-order valence-corrected chi connectivity index (χ4v) is 8.14. The van der Waals surface area contributed by atoms with Crippen molar-refractivity contribution in [1.82, 2.24) is 9.97 Å². The summed E-state index contributed by atoms with van der Waals surface area (Å²) in [6.45, 7) is 0. The van der Waals surface area contributed by atoms with Gasteiger partial charge in [-0.3, -0.25) is 9.97 Å². The fourth-order valence-electron chi connectivity index (χ4n) is 8.14. The molecule has 2 aromatic heterocycles. The zero-order chi connectivity index (χ0) is 34.4. The molecule has 52 heavy (non-hydrogen) atoms. The van der Waals surface area contributed by atoms with Gasteiger partial charge in [-0.25, -0.2) is 0 Å². The normalized spacial score (nSPS) is 12.9. The third-order valence-electron chi connectivity index (χ3n) is 10.7. The Hall–Kier alpha value is -6.64. The van der Waals surface area contributed by atoms with Gasteiger partial charge in [0, 0.05) is 35.9 Å². The first-order valence-electron chi connectivity index (χ1n) is 18.0. The van der Waals surface area contributed by atoms with E-state index in [0.717, 1.165) is 24.0 Å². The van der Waals surface area contributed by atoms with Crippen LogP contribution in [0, 0.1) is 0 Å². The quantitative estimate of drug-likeness (QED) is 0.166. The number of benzene rings is 7. The third-order valence-corrected chi connectivity index (χ3v) is 10.7. The highest BCUT2D eigenvalue weighted by Crippen LogP contribution is 2.48. The molecule has 9 aromatic rings. The molecule has 0 fully saturated rings. The zero-order valence-electron chi connectivity index (χ0n) is 28.6. The van der Waals surface area contributed by atoms with Crippen molar-refractivity contribution in [3.63, 3.8) is 0 Å². The summed E-state index contributed by atoms with van der Waals surface area (Å²) in [5, 5.41) is 7.51. The van der Waals surface area contributed by atoms with E-state index < -0.39 is 0 Å². The number of hydrogen-bond donors (Lipinski definition) is 0. The van der Waals surface area contributed by atoms with Crippen LogP contribution in [-0.4, -0.2) is 9.97 Å². The van der Waals surface area contributed by atoms with Crippen molar-refractivity contribution in [3.8, 4) is 55.6 Å². The predicted molar refractivity (Wildman–Crippen MR) is 219 cm³/mol. The molecule has 10 rings (SSSR count). The summed E-state index contributed by atoms with van der Waals surface area (Å²) in [6.07, 6.45) is 16.8. The maximum Gasteiger partial charge on any atom is 0.0346 e. The van der Waals surface area contributed by atoms with Crippen LogP contribution in [0.4, 0.5) is 0 Å². The van der Waals surface area contributed by atoms with Crippen molar-refractivity contribution in [2.24, 2.45) is 0 Å². The largest absolute Gasteiger partial charge is 0.264 e. The Balaban J connectivity index is 1.26. The van der Waals surface area contributed by atoms with E-state index in [2.05, 4.69) is 156 Å². The van der Waals surface area contributed by atoms with Gasteiger partial charge in [0.25, 0.3) is 0 Å². The molecule has 0 saturated carbocycles. The molecule has 0 spiro atoms. The Labute approximate surface area is 303 Å². The van der Waals surface area contributed by atoms with Crippen LogP contribution in [0.2, 0.25) is 0 Å². The molecule has 0 unspecified atom stereocenters. The van der Waals surface area contributed by atoms with Gasteiger partial charge >= 0.3 is 0 Å². The van der Waals surface area contributed by atoms with Crippen LogP contribution in [0.25, 0.3) is 93.5 Å². The van der Waals surface area contributed by atoms with Gasteiger partial charge in [-0.05, 0) is 125 Å². The highest BCUT2D eigenvalue weighted by molar-refractivity contribution is 6.31. The summed E-state index contributed by atoms with van der Waals surface area (Å²) in [4.78, 5) is 9.10. The van der Waals surface area contributed by atoms with Gasteiger partial charge in [-0.2, -0.15) is 0 Å². The minimum absolute atomic E-state index is 1.09. The van der Waals surface area contributed by atoms with E-state index in [9.17, 15) is 0 Å². The number of nitrogens with zero attached hydrogens (tertiary/aromatic N) is 2. The van der Waals surface area contributed by atoms with Gasteiger partial charge in [0.1, 0.15) is 0 Å². The molecule has 0 radical (unpaired) electrons. The summed E-state index contributed by atoms with van der Waals surface area (Å²) < 4.78 is 0. The zero-order valence-corrected chi connectivity index (χ0v) is 28.6. The monoisotopic (exact) mass is 662 g/mol. The van der Waals surface area contributed by atoms with Crippen molar-refractivity contribution in [2.45, 2.75) is 12.8 Å². The Morgan fingerprint density at radius 3 is 1.27 bits per heavy atom. The minimum Gasteiger partial charge on any atom is -0.264 e. The van der Waals surface area contributed by atoms with Gasteiger partial charge in [-0.15, -0.1) is 0 Å². The van der Waals surface area contributed by atoms with E-state index in [1.54, 1.807) is 0 Å². The van der Waals surface area contributed by atoms with Crippen molar-refractivity contribution in [3.05, 3.63) is 188 Å². The number of pyridine rings is 2. The predicted octanol–water partition coefficient (Wildman–Crippen LogP) is 13.4. The average Bonchev–Trinajstić information content (AvgIpc) is 3.24.